The van der Waals surface area contributed by atoms with Crippen LogP contribution in [0.1, 0.15) is 25.3 Å². The molecule has 37 heavy (non-hydrogen) atoms. The number of carbonyl (C=O) groups excluding carboxylic acids is 2. The number of carbonyl (C=O) groups is 2. The number of hydrogen-bond donors (Lipinski definition) is 1. The standard InChI is InChI=1S/C27H26N4O5S/c1-16(2)12-28-27-31(21(15-37-27)19-7-9-22-20(11-19)30-25(32)14-35-22)29-13-17-4-8-23(24(10-17)34-3)36-26(33)18-5-6-18/h4,7-11,13,15,18H,1,5-6,12,14H2,2-3H3,(H,30,32). The number of esters is 1. The van der Waals surface area contributed by atoms with Crippen LogP contribution < -0.4 is 24.3 Å². The molecule has 10 heteroatoms. The molecule has 1 amide bonds. The molecule has 0 bridgehead atoms. The fourth-order valence-corrected chi connectivity index (χ4v) is 4.48. The summed E-state index contributed by atoms with van der Waals surface area (Å²) in [7, 11) is 1.53. The molecule has 5 rings (SSSR count). The normalized spacial score (nSPS) is 15.2. The SMILES string of the molecule is C=C(C)CN=c1scc(-c2ccc3c(c2)NC(=O)CO3)n1N=Cc1ccc(OC(=O)C2CC2)c(OC)c1. The van der Waals surface area contributed by atoms with E-state index < -0.39 is 0 Å². The van der Waals surface area contributed by atoms with E-state index in [2.05, 4.69) is 16.9 Å². The van der Waals surface area contributed by atoms with Gasteiger partial charge in [-0.3, -0.25) is 14.6 Å². The Morgan fingerprint density at radius 2 is 2.11 bits per heavy atom. The van der Waals surface area contributed by atoms with E-state index in [9.17, 15) is 9.59 Å². The van der Waals surface area contributed by atoms with Crippen LogP contribution in [0, 0.1) is 5.92 Å². The van der Waals surface area contributed by atoms with E-state index in [-0.39, 0.29) is 24.4 Å². The number of hydrogen-bond acceptors (Lipinski definition) is 8. The molecule has 9 nitrogen and oxygen atoms in total. The van der Waals surface area contributed by atoms with Crippen molar-refractivity contribution in [1.82, 2.24) is 4.68 Å². The molecule has 2 aromatic carbocycles. The predicted molar refractivity (Wildman–Crippen MR) is 141 cm³/mol. The van der Waals surface area contributed by atoms with E-state index in [1.165, 1.54) is 18.4 Å². The largest absolute Gasteiger partial charge is 0.493 e. The fraction of sp³-hybridized carbons (Fsp3) is 0.259. The van der Waals surface area contributed by atoms with Crippen molar-refractivity contribution in [3.8, 4) is 28.5 Å². The quantitative estimate of drug-likeness (QED) is 0.208. The highest BCUT2D eigenvalue weighted by Crippen LogP contribution is 2.35. The summed E-state index contributed by atoms with van der Waals surface area (Å²) in [5.41, 5.74) is 3.93. The van der Waals surface area contributed by atoms with Crippen molar-refractivity contribution in [3.05, 3.63) is 64.3 Å². The third kappa shape index (κ3) is 5.64. The number of methoxy groups -OCH3 is 1. The Bertz CT molecular complexity index is 1480. The third-order valence-electron chi connectivity index (χ3n) is 5.71. The Kier molecular flexibility index (Phi) is 6.91. The smallest absolute Gasteiger partial charge is 0.314 e. The molecule has 2 heterocycles. The average Bonchev–Trinajstić information content (AvgIpc) is 3.67. The Hall–Kier alpha value is -4.18. The van der Waals surface area contributed by atoms with Crippen molar-refractivity contribution in [2.75, 3.05) is 25.6 Å². The van der Waals surface area contributed by atoms with Gasteiger partial charge in [-0.05, 0) is 61.7 Å². The molecule has 1 N–H and O–H groups in total. The molecule has 0 spiro atoms. The van der Waals surface area contributed by atoms with Crippen LogP contribution in [-0.2, 0) is 9.59 Å². The molecule has 1 aliphatic carbocycles. The second-order valence-electron chi connectivity index (χ2n) is 8.89. The van der Waals surface area contributed by atoms with Gasteiger partial charge in [0, 0.05) is 10.9 Å². The summed E-state index contributed by atoms with van der Waals surface area (Å²) in [5.74, 6) is 1.02. The van der Waals surface area contributed by atoms with Crippen LogP contribution in [0.3, 0.4) is 0 Å². The Balaban J connectivity index is 1.49. The summed E-state index contributed by atoms with van der Waals surface area (Å²) in [6.07, 6.45) is 3.43. The zero-order chi connectivity index (χ0) is 25.9. The van der Waals surface area contributed by atoms with Gasteiger partial charge in [0.15, 0.2) is 18.1 Å². The lowest BCUT2D eigenvalue weighted by molar-refractivity contribution is -0.135. The van der Waals surface area contributed by atoms with Gasteiger partial charge in [0.25, 0.3) is 5.91 Å². The van der Waals surface area contributed by atoms with Crippen molar-refractivity contribution in [2.45, 2.75) is 19.8 Å². The molecule has 1 fully saturated rings. The number of nitrogens with zero attached hydrogens (tertiary/aromatic N) is 3. The summed E-state index contributed by atoms with van der Waals surface area (Å²) in [4.78, 5) is 29.2. The second kappa shape index (κ2) is 10.4. The number of benzene rings is 2. The lowest BCUT2D eigenvalue weighted by Crippen LogP contribution is -2.25. The van der Waals surface area contributed by atoms with Crippen LogP contribution in [0.2, 0.25) is 0 Å². The maximum Gasteiger partial charge on any atom is 0.314 e. The topological polar surface area (TPSA) is 104 Å². The first kappa shape index (κ1) is 24.5. The van der Waals surface area contributed by atoms with Crippen molar-refractivity contribution >= 4 is 35.1 Å². The highest BCUT2D eigenvalue weighted by Gasteiger charge is 2.32. The molecule has 0 unspecified atom stereocenters. The summed E-state index contributed by atoms with van der Waals surface area (Å²) in [5, 5.41) is 9.52. The van der Waals surface area contributed by atoms with Gasteiger partial charge in [-0.15, -0.1) is 11.3 Å². The number of nitrogens with one attached hydrogen (secondary N) is 1. The molecule has 0 saturated heterocycles. The van der Waals surface area contributed by atoms with Crippen LogP contribution >= 0.6 is 11.3 Å². The van der Waals surface area contributed by atoms with Crippen molar-refractivity contribution in [2.24, 2.45) is 16.0 Å². The van der Waals surface area contributed by atoms with E-state index in [1.54, 1.807) is 23.0 Å². The zero-order valence-electron chi connectivity index (χ0n) is 20.5. The van der Waals surface area contributed by atoms with Crippen LogP contribution in [0.25, 0.3) is 11.3 Å². The van der Waals surface area contributed by atoms with E-state index in [0.29, 0.717) is 34.3 Å². The van der Waals surface area contributed by atoms with Gasteiger partial charge in [0.2, 0.25) is 4.80 Å². The second-order valence-corrected chi connectivity index (χ2v) is 9.72. The minimum Gasteiger partial charge on any atom is -0.493 e. The molecule has 3 aromatic rings. The van der Waals surface area contributed by atoms with Gasteiger partial charge in [-0.2, -0.15) is 5.10 Å². The molecule has 2 aliphatic rings. The fourth-order valence-electron chi connectivity index (χ4n) is 3.65. The van der Waals surface area contributed by atoms with Crippen molar-refractivity contribution in [1.29, 1.82) is 0 Å². The summed E-state index contributed by atoms with van der Waals surface area (Å²) < 4.78 is 18.2. The monoisotopic (exact) mass is 518 g/mol. The van der Waals surface area contributed by atoms with E-state index in [4.69, 9.17) is 19.3 Å². The van der Waals surface area contributed by atoms with Gasteiger partial charge in [0.05, 0.1) is 37.2 Å². The van der Waals surface area contributed by atoms with Crippen LogP contribution in [-0.4, -0.2) is 43.0 Å². The molecule has 1 aromatic heterocycles. The van der Waals surface area contributed by atoms with E-state index in [0.717, 1.165) is 35.2 Å². The van der Waals surface area contributed by atoms with Gasteiger partial charge < -0.3 is 19.5 Å². The van der Waals surface area contributed by atoms with E-state index >= 15 is 0 Å². The Labute approximate surface area is 217 Å². The van der Waals surface area contributed by atoms with Gasteiger partial charge in [-0.1, -0.05) is 12.2 Å². The van der Waals surface area contributed by atoms with Crippen LogP contribution in [0.15, 0.2) is 64.0 Å². The average molecular weight is 519 g/mol. The first-order chi connectivity index (χ1) is 17.9. The summed E-state index contributed by atoms with van der Waals surface area (Å²) in [6, 6.07) is 10.9. The first-order valence-electron chi connectivity index (χ1n) is 11.8. The van der Waals surface area contributed by atoms with Crippen molar-refractivity contribution in [3.63, 3.8) is 0 Å². The lowest BCUT2D eigenvalue weighted by Gasteiger charge is -2.18. The minimum absolute atomic E-state index is 0.00105. The minimum atomic E-state index is -0.228. The zero-order valence-corrected chi connectivity index (χ0v) is 21.3. The first-order valence-corrected chi connectivity index (χ1v) is 12.7. The summed E-state index contributed by atoms with van der Waals surface area (Å²) in [6.45, 7) is 6.33. The third-order valence-corrected chi connectivity index (χ3v) is 6.56. The molecule has 1 saturated carbocycles. The number of rotatable bonds is 8. The van der Waals surface area contributed by atoms with Gasteiger partial charge in [0.1, 0.15) is 5.75 Å². The number of ether oxygens (including phenoxy) is 3. The number of anilines is 1. The van der Waals surface area contributed by atoms with Crippen LogP contribution in [0.5, 0.6) is 17.2 Å². The number of amides is 1. The molecule has 0 radical (unpaired) electrons. The maximum atomic E-state index is 12.1. The molecule has 1 aliphatic heterocycles. The lowest BCUT2D eigenvalue weighted by atomic mass is 10.1. The van der Waals surface area contributed by atoms with Crippen LogP contribution in [0.4, 0.5) is 5.69 Å². The maximum absolute atomic E-state index is 12.1. The molecular formula is C27H26N4O5S. The highest BCUT2D eigenvalue weighted by atomic mass is 32.1. The molecule has 0 atom stereocenters. The molecular weight excluding hydrogens is 492 g/mol. The number of aromatic nitrogens is 1. The highest BCUT2D eigenvalue weighted by molar-refractivity contribution is 7.07. The Morgan fingerprint density at radius 3 is 2.86 bits per heavy atom. The van der Waals surface area contributed by atoms with E-state index in [1.807, 2.05) is 36.6 Å². The number of thiazole rings is 1. The Morgan fingerprint density at radius 1 is 1.27 bits per heavy atom. The van der Waals surface area contributed by atoms with Gasteiger partial charge in [-0.25, -0.2) is 4.68 Å². The molecule has 190 valence electrons. The van der Waals surface area contributed by atoms with Gasteiger partial charge >= 0.3 is 5.97 Å². The number of fused-ring (bicyclic) bond motifs is 1. The summed E-state index contributed by atoms with van der Waals surface area (Å²) >= 11 is 1.45. The predicted octanol–water partition coefficient (Wildman–Crippen LogP) is 4.23. The van der Waals surface area contributed by atoms with Crippen molar-refractivity contribution < 1.29 is 23.8 Å².